The molecule has 14 heteroatoms. The Morgan fingerprint density at radius 3 is 1.72 bits per heavy atom. The number of carbonyl (C=O) groups excluding carboxylic acids is 1. The molecule has 11 nitrogen and oxygen atoms in total. The van der Waals surface area contributed by atoms with E-state index >= 15 is 0 Å². The SMILES string of the molecule is COc1ccc(COC[C@H](C)[C@H]2O[C@@]2(C)[C@@H](O[Si](C)(C)C(C)(C)C)[C@@H](CO[Si](C)(C)C(C)(C)C)[C@H](O)[C@H](CO[Si](C)(C)C(C)(C)C)[C@H](O)CC(=O)N(C)OC)cc1. The Morgan fingerprint density at radius 2 is 1.28 bits per heavy atom. The van der Waals surface area contributed by atoms with Crippen LogP contribution in [0.3, 0.4) is 0 Å². The lowest BCUT2D eigenvalue weighted by atomic mass is 9.78. The summed E-state index contributed by atoms with van der Waals surface area (Å²) in [7, 11) is -2.66. The number of carbonyl (C=O) groups is 1. The van der Waals surface area contributed by atoms with E-state index in [0.29, 0.717) is 13.2 Å². The normalized spacial score (nSPS) is 21.7. The van der Waals surface area contributed by atoms with E-state index in [-0.39, 0.29) is 46.8 Å². The number of hydrogen-bond donors (Lipinski definition) is 2. The summed E-state index contributed by atoms with van der Waals surface area (Å²) in [6.07, 6.45) is -3.53. The summed E-state index contributed by atoms with van der Waals surface area (Å²) in [5.74, 6) is -1.10. The molecule has 1 aliphatic rings. The largest absolute Gasteiger partial charge is 0.497 e. The maximum absolute atomic E-state index is 13.2. The monoisotopic (exact) mass is 858 g/mol. The summed E-state index contributed by atoms with van der Waals surface area (Å²) >= 11 is 0. The number of ether oxygens (including phenoxy) is 3. The lowest BCUT2D eigenvalue weighted by molar-refractivity contribution is -0.173. The van der Waals surface area contributed by atoms with Crippen LogP contribution in [0.5, 0.6) is 5.75 Å². The predicted octanol–water partition coefficient (Wildman–Crippen LogP) is 8.80. The number of benzene rings is 1. The van der Waals surface area contributed by atoms with Gasteiger partial charge in [-0.15, -0.1) is 0 Å². The first kappa shape index (κ1) is 52.0. The van der Waals surface area contributed by atoms with Gasteiger partial charge in [0.05, 0.1) is 58.3 Å². The van der Waals surface area contributed by atoms with Crippen LogP contribution in [0, 0.1) is 17.8 Å². The molecule has 1 saturated heterocycles. The highest BCUT2D eigenvalue weighted by Crippen LogP contribution is 2.52. The van der Waals surface area contributed by atoms with E-state index in [0.717, 1.165) is 16.4 Å². The summed E-state index contributed by atoms with van der Waals surface area (Å²) in [5.41, 5.74) is 0.246. The maximum Gasteiger partial charge on any atom is 0.248 e. The van der Waals surface area contributed by atoms with Crippen LogP contribution < -0.4 is 4.74 Å². The van der Waals surface area contributed by atoms with E-state index in [1.54, 1.807) is 7.11 Å². The summed E-state index contributed by atoms with van der Waals surface area (Å²) in [6.45, 7) is 38.2. The summed E-state index contributed by atoms with van der Waals surface area (Å²) < 4.78 is 39.5. The lowest BCUT2D eigenvalue weighted by Gasteiger charge is -2.47. The van der Waals surface area contributed by atoms with Gasteiger partial charge in [-0.2, -0.15) is 0 Å². The quantitative estimate of drug-likeness (QED) is 0.0664. The van der Waals surface area contributed by atoms with Gasteiger partial charge in [0.1, 0.15) is 11.4 Å². The highest BCUT2D eigenvalue weighted by atomic mass is 28.4. The minimum atomic E-state index is -2.52. The van der Waals surface area contributed by atoms with Gasteiger partial charge >= 0.3 is 0 Å². The van der Waals surface area contributed by atoms with Crippen LogP contribution in [0.2, 0.25) is 54.4 Å². The van der Waals surface area contributed by atoms with Crippen LogP contribution in [-0.4, -0.2) is 117 Å². The van der Waals surface area contributed by atoms with Gasteiger partial charge in [0.15, 0.2) is 25.0 Å². The van der Waals surface area contributed by atoms with Gasteiger partial charge in [0, 0.05) is 38.0 Å². The maximum atomic E-state index is 13.2. The number of rotatable bonds is 22. The molecule has 0 radical (unpaired) electrons. The molecule has 1 heterocycles. The average molecular weight is 858 g/mol. The Morgan fingerprint density at radius 1 is 0.807 bits per heavy atom. The van der Waals surface area contributed by atoms with Gasteiger partial charge in [-0.3, -0.25) is 9.63 Å². The molecule has 8 atom stereocenters. The van der Waals surface area contributed by atoms with Crippen molar-refractivity contribution >= 4 is 30.9 Å². The van der Waals surface area contributed by atoms with Crippen LogP contribution in [0.1, 0.15) is 88.1 Å². The van der Waals surface area contributed by atoms with Gasteiger partial charge in [-0.25, -0.2) is 5.06 Å². The van der Waals surface area contributed by atoms with Crippen molar-refractivity contribution < 1.29 is 47.3 Å². The van der Waals surface area contributed by atoms with Crippen molar-refractivity contribution in [1.29, 1.82) is 0 Å². The standard InChI is InChI=1S/C43H83NO10Si3/c1-30(26-50-27-31-21-23-32(48-13)24-22-31)38-43(11,53-38)39(54-57(19,20)42(8,9)10)34(29-52-56(17,18)41(5,6)7)37(47)33(28-51-55(15,16)40(2,3)4)35(45)25-36(46)44(12)49-14/h21-24,30,33-35,37-39,45,47H,25-29H2,1-20H3/t30-,33+,34-,35+,37+,38+,39-,43+/m0/s1. The number of methoxy groups -OCH3 is 1. The third kappa shape index (κ3) is 13.7. The third-order valence-electron chi connectivity index (χ3n) is 13.7. The number of hydrogen-bond acceptors (Lipinski definition) is 10. The fourth-order valence-electron chi connectivity index (χ4n) is 6.17. The van der Waals surface area contributed by atoms with Crippen molar-refractivity contribution in [2.75, 3.05) is 41.1 Å². The Balaban J connectivity index is 2.68. The summed E-state index contributed by atoms with van der Waals surface area (Å²) in [4.78, 5) is 18.4. The van der Waals surface area contributed by atoms with E-state index < -0.39 is 66.6 Å². The van der Waals surface area contributed by atoms with Crippen molar-refractivity contribution in [2.45, 2.75) is 174 Å². The molecule has 1 aromatic carbocycles. The van der Waals surface area contributed by atoms with E-state index in [1.165, 1.54) is 14.2 Å². The molecule has 0 aromatic heterocycles. The van der Waals surface area contributed by atoms with Gasteiger partial charge in [-0.1, -0.05) is 81.4 Å². The molecular weight excluding hydrogens is 775 g/mol. The smallest absolute Gasteiger partial charge is 0.248 e. The Bertz CT molecular complexity index is 1410. The second-order valence-corrected chi connectivity index (χ2v) is 35.5. The average Bonchev–Trinajstić information content (AvgIpc) is 3.78. The summed E-state index contributed by atoms with van der Waals surface area (Å²) in [6, 6.07) is 7.85. The van der Waals surface area contributed by atoms with Crippen molar-refractivity contribution in [3.8, 4) is 5.75 Å². The number of amides is 1. The molecule has 0 saturated carbocycles. The Labute approximate surface area is 350 Å². The van der Waals surface area contributed by atoms with E-state index in [4.69, 9.17) is 32.3 Å². The number of epoxide rings is 1. The highest BCUT2D eigenvalue weighted by molar-refractivity contribution is 6.75. The van der Waals surface area contributed by atoms with Crippen LogP contribution in [0.25, 0.3) is 0 Å². The van der Waals surface area contributed by atoms with Crippen LogP contribution in [0.4, 0.5) is 0 Å². The van der Waals surface area contributed by atoms with Crippen molar-refractivity contribution in [2.24, 2.45) is 17.8 Å². The zero-order chi connectivity index (χ0) is 44.2. The first-order chi connectivity index (χ1) is 25.8. The molecule has 332 valence electrons. The lowest BCUT2D eigenvalue weighted by Crippen LogP contribution is -2.58. The molecule has 0 aliphatic carbocycles. The topological polar surface area (TPSA) is 129 Å². The summed E-state index contributed by atoms with van der Waals surface area (Å²) in [5, 5.41) is 25.6. The molecule has 0 bridgehead atoms. The van der Waals surface area contributed by atoms with Crippen LogP contribution in [-0.2, 0) is 39.0 Å². The first-order valence-electron chi connectivity index (χ1n) is 20.8. The second-order valence-electron chi connectivity index (χ2n) is 21.2. The van der Waals surface area contributed by atoms with Gasteiger partial charge in [0.2, 0.25) is 5.91 Å². The Kier molecular flexibility index (Phi) is 17.9. The van der Waals surface area contributed by atoms with Gasteiger partial charge in [0.25, 0.3) is 0 Å². The van der Waals surface area contributed by atoms with Crippen molar-refractivity contribution in [3.63, 3.8) is 0 Å². The van der Waals surface area contributed by atoms with E-state index in [9.17, 15) is 15.0 Å². The molecule has 1 aliphatic heterocycles. The number of hydroxylamine groups is 2. The van der Waals surface area contributed by atoms with Crippen LogP contribution in [0.15, 0.2) is 24.3 Å². The predicted molar refractivity (Wildman–Crippen MR) is 237 cm³/mol. The Hall–Kier alpha value is -1.18. The van der Waals surface area contributed by atoms with Gasteiger partial charge in [-0.05, 0) is 79.0 Å². The fourth-order valence-corrected chi connectivity index (χ4v) is 9.65. The molecular formula is C43H83NO10Si3. The number of nitrogens with zero attached hydrogens (tertiary/aromatic N) is 1. The minimum Gasteiger partial charge on any atom is -0.497 e. The fraction of sp³-hybridized carbons (Fsp3) is 0.837. The molecule has 1 fully saturated rings. The highest BCUT2D eigenvalue weighted by Gasteiger charge is 2.65. The molecule has 2 N–H and O–H groups in total. The molecule has 0 unspecified atom stereocenters. The molecule has 0 spiro atoms. The molecule has 1 amide bonds. The molecule has 1 aromatic rings. The zero-order valence-corrected chi connectivity index (χ0v) is 42.5. The van der Waals surface area contributed by atoms with E-state index in [1.807, 2.05) is 24.3 Å². The minimum absolute atomic E-state index is 0.00312. The number of aliphatic hydroxyl groups is 2. The van der Waals surface area contributed by atoms with Gasteiger partial charge < -0.3 is 37.7 Å². The van der Waals surface area contributed by atoms with Crippen molar-refractivity contribution in [3.05, 3.63) is 29.8 Å². The third-order valence-corrected chi connectivity index (χ3v) is 27.1. The first-order valence-corrected chi connectivity index (χ1v) is 29.5. The van der Waals surface area contributed by atoms with Crippen LogP contribution >= 0.6 is 0 Å². The molecule has 2 rings (SSSR count). The zero-order valence-electron chi connectivity index (χ0n) is 39.5. The second kappa shape index (κ2) is 19.7. The molecule has 57 heavy (non-hydrogen) atoms. The van der Waals surface area contributed by atoms with Crippen molar-refractivity contribution in [1.82, 2.24) is 5.06 Å². The van der Waals surface area contributed by atoms with E-state index in [2.05, 4.69) is 115 Å². The number of aliphatic hydroxyl groups excluding tert-OH is 2.